The molecule has 1 atom stereocenters. The molecule has 0 aromatic carbocycles. The maximum absolute atomic E-state index is 12.6. The summed E-state index contributed by atoms with van der Waals surface area (Å²) < 4.78 is 9.44. The van der Waals surface area contributed by atoms with Crippen LogP contribution >= 0.6 is 0 Å². The van der Waals surface area contributed by atoms with E-state index in [2.05, 4.69) is 46.0 Å². The summed E-state index contributed by atoms with van der Waals surface area (Å²) in [5, 5.41) is 9.09. The van der Waals surface area contributed by atoms with Crippen LogP contribution in [0.1, 0.15) is 29.7 Å². The van der Waals surface area contributed by atoms with E-state index in [1.165, 1.54) is 5.69 Å². The Morgan fingerprint density at radius 3 is 2.07 bits per heavy atom. The number of ether oxygens (including phenoxy) is 1. The molecule has 0 N–H and O–H groups in total. The van der Waals surface area contributed by atoms with Crippen LogP contribution in [0.5, 0.6) is 0 Å². The summed E-state index contributed by atoms with van der Waals surface area (Å²) in [6, 6.07) is 3.94. The van der Waals surface area contributed by atoms with Gasteiger partial charge in [0.2, 0.25) is 0 Å². The Bertz CT molecular complexity index is 827. The zero-order valence-electron chi connectivity index (χ0n) is 18.4. The zero-order chi connectivity index (χ0) is 21.0. The second kappa shape index (κ2) is 9.54. The van der Waals surface area contributed by atoms with Gasteiger partial charge in [-0.2, -0.15) is 10.2 Å². The fourth-order valence-corrected chi connectivity index (χ4v) is 4.07. The molecule has 0 radical (unpaired) electrons. The lowest BCUT2D eigenvalue weighted by Gasteiger charge is -2.40. The van der Waals surface area contributed by atoms with Crippen molar-refractivity contribution in [3.63, 3.8) is 0 Å². The number of piperazine rings is 1. The molecule has 0 spiro atoms. The first kappa shape index (κ1) is 21.5. The van der Waals surface area contributed by atoms with Crippen LogP contribution in [-0.4, -0.2) is 80.7 Å². The number of hydrogen-bond donors (Lipinski definition) is 0. The molecule has 8 heteroatoms. The lowest BCUT2D eigenvalue weighted by atomic mass is 10.1. The summed E-state index contributed by atoms with van der Waals surface area (Å²) in [6.07, 6.45) is 0. The lowest BCUT2D eigenvalue weighted by molar-refractivity contribution is -0.152. The van der Waals surface area contributed by atoms with Gasteiger partial charge in [0, 0.05) is 44.1 Å². The molecule has 2 aromatic rings. The summed E-state index contributed by atoms with van der Waals surface area (Å²) in [5.41, 5.74) is 4.39. The molecule has 160 valence electrons. The number of esters is 1. The van der Waals surface area contributed by atoms with E-state index in [0.29, 0.717) is 13.2 Å². The van der Waals surface area contributed by atoms with Crippen LogP contribution in [0.2, 0.25) is 0 Å². The average molecular weight is 403 g/mol. The molecule has 0 aliphatic carbocycles. The molecule has 1 aliphatic rings. The molecular weight excluding hydrogens is 368 g/mol. The highest BCUT2D eigenvalue weighted by atomic mass is 16.5. The quantitative estimate of drug-likeness (QED) is 0.625. The van der Waals surface area contributed by atoms with Crippen molar-refractivity contribution in [1.82, 2.24) is 29.4 Å². The smallest absolute Gasteiger partial charge is 0.324 e. The van der Waals surface area contributed by atoms with Crippen LogP contribution in [0.3, 0.4) is 0 Å². The van der Waals surface area contributed by atoms with E-state index in [9.17, 15) is 4.79 Å². The third kappa shape index (κ3) is 5.45. The third-order valence-corrected chi connectivity index (χ3v) is 5.57. The van der Waals surface area contributed by atoms with Gasteiger partial charge >= 0.3 is 5.97 Å². The van der Waals surface area contributed by atoms with E-state index in [4.69, 9.17) is 4.74 Å². The fraction of sp³-hybridized carbons (Fsp3) is 0.667. The van der Waals surface area contributed by atoms with Crippen LogP contribution in [0.15, 0.2) is 12.1 Å². The predicted octanol–water partition coefficient (Wildman–Crippen LogP) is 1.56. The summed E-state index contributed by atoms with van der Waals surface area (Å²) >= 11 is 0. The van der Waals surface area contributed by atoms with E-state index in [-0.39, 0.29) is 12.0 Å². The van der Waals surface area contributed by atoms with Gasteiger partial charge < -0.3 is 4.74 Å². The van der Waals surface area contributed by atoms with E-state index in [1.807, 2.05) is 30.1 Å². The molecule has 0 amide bonds. The number of aromatic nitrogens is 4. The Kier molecular flexibility index (Phi) is 7.08. The van der Waals surface area contributed by atoms with Gasteiger partial charge in [0.25, 0.3) is 0 Å². The summed E-state index contributed by atoms with van der Waals surface area (Å²) in [4.78, 5) is 17.2. The first-order valence-corrected chi connectivity index (χ1v) is 10.5. The molecular formula is C21H34N6O2. The lowest BCUT2D eigenvalue weighted by Crippen LogP contribution is -2.57. The SMILES string of the molecule is CCOC(=O)C1CN(CCn2nc(C)cc2C)CCN1CCn1nc(C)cc1C. The number of carbonyl (C=O) groups excluding carboxylic acids is 1. The van der Waals surface area contributed by atoms with Crippen LogP contribution < -0.4 is 0 Å². The Hall–Kier alpha value is -2.19. The normalized spacial score (nSPS) is 18.3. The summed E-state index contributed by atoms with van der Waals surface area (Å²) in [5.74, 6) is -0.128. The second-order valence-electron chi connectivity index (χ2n) is 7.90. The number of carbonyl (C=O) groups is 1. The van der Waals surface area contributed by atoms with Crippen molar-refractivity contribution in [3.05, 3.63) is 34.9 Å². The number of rotatable bonds is 8. The van der Waals surface area contributed by atoms with Crippen molar-refractivity contribution >= 4 is 5.97 Å². The van der Waals surface area contributed by atoms with E-state index in [0.717, 1.165) is 56.4 Å². The van der Waals surface area contributed by atoms with Gasteiger partial charge in [0.1, 0.15) is 6.04 Å². The van der Waals surface area contributed by atoms with Crippen LogP contribution in [-0.2, 0) is 22.6 Å². The van der Waals surface area contributed by atoms with Gasteiger partial charge in [-0.05, 0) is 46.8 Å². The van der Waals surface area contributed by atoms with Crippen molar-refractivity contribution in [3.8, 4) is 0 Å². The highest BCUT2D eigenvalue weighted by molar-refractivity contribution is 5.76. The molecule has 0 saturated carbocycles. The van der Waals surface area contributed by atoms with E-state index in [1.54, 1.807) is 0 Å². The molecule has 29 heavy (non-hydrogen) atoms. The number of nitrogens with zero attached hydrogens (tertiary/aromatic N) is 6. The van der Waals surface area contributed by atoms with Crippen molar-refractivity contribution in [2.24, 2.45) is 0 Å². The molecule has 1 aliphatic heterocycles. The standard InChI is InChI=1S/C21H34N6O2/c1-6-29-21(28)20-15-24(8-11-26-18(4)13-16(2)22-26)7-9-25(20)10-12-27-19(5)14-17(3)23-27/h13-14,20H,6-12,15H2,1-5H3. The molecule has 3 rings (SSSR count). The fourth-order valence-electron chi connectivity index (χ4n) is 4.07. The Balaban J connectivity index is 1.60. The maximum atomic E-state index is 12.6. The van der Waals surface area contributed by atoms with E-state index < -0.39 is 0 Å². The molecule has 1 saturated heterocycles. The molecule has 1 fully saturated rings. The Morgan fingerprint density at radius 2 is 1.55 bits per heavy atom. The highest BCUT2D eigenvalue weighted by Crippen LogP contribution is 2.13. The van der Waals surface area contributed by atoms with Crippen LogP contribution in [0.25, 0.3) is 0 Å². The predicted molar refractivity (Wildman–Crippen MR) is 112 cm³/mol. The van der Waals surface area contributed by atoms with E-state index >= 15 is 0 Å². The van der Waals surface area contributed by atoms with Gasteiger partial charge in [0.05, 0.1) is 31.1 Å². The Morgan fingerprint density at radius 1 is 0.966 bits per heavy atom. The van der Waals surface area contributed by atoms with Gasteiger partial charge in [-0.15, -0.1) is 0 Å². The van der Waals surface area contributed by atoms with Crippen molar-refractivity contribution in [2.45, 2.75) is 53.8 Å². The third-order valence-electron chi connectivity index (χ3n) is 5.57. The first-order chi connectivity index (χ1) is 13.9. The maximum Gasteiger partial charge on any atom is 0.324 e. The van der Waals surface area contributed by atoms with Crippen molar-refractivity contribution in [1.29, 1.82) is 0 Å². The van der Waals surface area contributed by atoms with Crippen LogP contribution in [0.4, 0.5) is 0 Å². The molecule has 2 aromatic heterocycles. The molecule has 8 nitrogen and oxygen atoms in total. The first-order valence-electron chi connectivity index (χ1n) is 10.5. The van der Waals surface area contributed by atoms with Crippen molar-refractivity contribution in [2.75, 3.05) is 39.3 Å². The minimum absolute atomic E-state index is 0.128. The van der Waals surface area contributed by atoms with Gasteiger partial charge in [-0.25, -0.2) is 0 Å². The second-order valence-corrected chi connectivity index (χ2v) is 7.90. The van der Waals surface area contributed by atoms with Gasteiger partial charge in [-0.1, -0.05) is 0 Å². The Labute approximate surface area is 173 Å². The average Bonchev–Trinajstić information content (AvgIpc) is 3.17. The minimum Gasteiger partial charge on any atom is -0.465 e. The topological polar surface area (TPSA) is 68.4 Å². The van der Waals surface area contributed by atoms with Crippen LogP contribution in [0, 0.1) is 27.7 Å². The summed E-state index contributed by atoms with van der Waals surface area (Å²) in [7, 11) is 0. The largest absolute Gasteiger partial charge is 0.465 e. The molecule has 0 bridgehead atoms. The number of hydrogen-bond acceptors (Lipinski definition) is 6. The highest BCUT2D eigenvalue weighted by Gasteiger charge is 2.33. The number of aryl methyl sites for hydroxylation is 4. The molecule has 3 heterocycles. The zero-order valence-corrected chi connectivity index (χ0v) is 18.4. The summed E-state index contributed by atoms with van der Waals surface area (Å²) in [6.45, 7) is 16.2. The molecule has 1 unspecified atom stereocenters. The monoisotopic (exact) mass is 402 g/mol. The minimum atomic E-state index is -0.235. The van der Waals surface area contributed by atoms with Gasteiger partial charge in [0.15, 0.2) is 0 Å². The van der Waals surface area contributed by atoms with Gasteiger partial charge in [-0.3, -0.25) is 24.0 Å². The van der Waals surface area contributed by atoms with Crippen molar-refractivity contribution < 1.29 is 9.53 Å².